The number of anilines is 1. The number of hydrogen-bond acceptors (Lipinski definition) is 4. The van der Waals surface area contributed by atoms with Crippen molar-refractivity contribution in [3.05, 3.63) is 29.1 Å². The number of nitrogens with zero attached hydrogens (tertiary/aromatic N) is 4. The first-order valence-electron chi connectivity index (χ1n) is 5.77. The minimum Gasteiger partial charge on any atom is -0.397 e. The van der Waals surface area contributed by atoms with E-state index in [1.807, 2.05) is 19.1 Å². The Morgan fingerprint density at radius 1 is 1.24 bits per heavy atom. The van der Waals surface area contributed by atoms with Crippen LogP contribution in [-0.2, 0) is 6.42 Å². The zero-order valence-electron chi connectivity index (χ0n) is 10.4. The lowest BCUT2D eigenvalue weighted by atomic mass is 10.1. The molecule has 0 radical (unpaired) electrons. The minimum atomic E-state index is 0.706. The van der Waals surface area contributed by atoms with Crippen molar-refractivity contribution in [2.75, 3.05) is 5.73 Å². The average Bonchev–Trinajstić information content (AvgIpc) is 2.72. The van der Waals surface area contributed by atoms with Crippen molar-refractivity contribution >= 4 is 5.69 Å². The van der Waals surface area contributed by atoms with Crippen LogP contribution in [0.5, 0.6) is 0 Å². The van der Waals surface area contributed by atoms with Crippen LogP contribution in [0.15, 0.2) is 12.1 Å². The van der Waals surface area contributed by atoms with E-state index >= 15 is 0 Å². The highest BCUT2D eigenvalue weighted by atomic mass is 15.5. The monoisotopic (exact) mass is 231 g/mol. The second kappa shape index (κ2) is 4.53. The van der Waals surface area contributed by atoms with Gasteiger partial charge in [-0.05, 0) is 54.0 Å². The van der Waals surface area contributed by atoms with E-state index in [9.17, 15) is 0 Å². The van der Waals surface area contributed by atoms with Gasteiger partial charge >= 0.3 is 0 Å². The molecule has 0 spiro atoms. The molecule has 0 aliphatic rings. The van der Waals surface area contributed by atoms with Gasteiger partial charge in [0.1, 0.15) is 0 Å². The fourth-order valence-electron chi connectivity index (χ4n) is 1.78. The molecule has 17 heavy (non-hydrogen) atoms. The van der Waals surface area contributed by atoms with E-state index in [-0.39, 0.29) is 0 Å². The standard InChI is InChI=1S/C12H17N5/c1-4-5-12-14-15-16-17(12)11-7-9(3)8(2)6-10(11)13/h6-7H,4-5,13H2,1-3H3. The fraction of sp³-hybridized carbons (Fsp3) is 0.417. The van der Waals surface area contributed by atoms with Crippen LogP contribution in [0.4, 0.5) is 5.69 Å². The van der Waals surface area contributed by atoms with Crippen molar-refractivity contribution in [3.8, 4) is 5.69 Å². The zero-order valence-corrected chi connectivity index (χ0v) is 10.4. The molecule has 0 saturated heterocycles. The number of nitrogen functional groups attached to an aromatic ring is 1. The highest BCUT2D eigenvalue weighted by Gasteiger charge is 2.11. The van der Waals surface area contributed by atoms with E-state index < -0.39 is 0 Å². The molecule has 0 unspecified atom stereocenters. The average molecular weight is 231 g/mol. The molecule has 5 nitrogen and oxygen atoms in total. The topological polar surface area (TPSA) is 69.6 Å². The van der Waals surface area contributed by atoms with E-state index in [4.69, 9.17) is 5.73 Å². The van der Waals surface area contributed by atoms with Gasteiger partial charge in [-0.1, -0.05) is 6.92 Å². The van der Waals surface area contributed by atoms with Crippen LogP contribution in [0.1, 0.15) is 30.3 Å². The number of tetrazole rings is 1. The van der Waals surface area contributed by atoms with Crippen molar-refractivity contribution in [3.63, 3.8) is 0 Å². The third-order valence-electron chi connectivity index (χ3n) is 2.88. The summed E-state index contributed by atoms with van der Waals surface area (Å²) in [6.07, 6.45) is 1.85. The van der Waals surface area contributed by atoms with Crippen LogP contribution >= 0.6 is 0 Å². The molecule has 2 rings (SSSR count). The maximum absolute atomic E-state index is 6.03. The molecule has 2 aromatic rings. The van der Waals surface area contributed by atoms with Crippen LogP contribution in [-0.4, -0.2) is 20.2 Å². The van der Waals surface area contributed by atoms with Gasteiger partial charge in [0.2, 0.25) is 0 Å². The zero-order chi connectivity index (χ0) is 12.4. The number of aryl methyl sites for hydroxylation is 3. The van der Waals surface area contributed by atoms with Crippen molar-refractivity contribution in [2.24, 2.45) is 0 Å². The van der Waals surface area contributed by atoms with Crippen LogP contribution in [0.3, 0.4) is 0 Å². The lowest BCUT2D eigenvalue weighted by Crippen LogP contribution is -2.07. The van der Waals surface area contributed by atoms with Crippen LogP contribution < -0.4 is 5.73 Å². The third kappa shape index (κ3) is 2.13. The summed E-state index contributed by atoms with van der Waals surface area (Å²) in [5.74, 6) is 0.849. The van der Waals surface area contributed by atoms with Gasteiger partial charge < -0.3 is 5.73 Å². The molecule has 90 valence electrons. The Morgan fingerprint density at radius 3 is 2.65 bits per heavy atom. The SMILES string of the molecule is CCCc1nnnn1-c1cc(C)c(C)cc1N. The summed E-state index contributed by atoms with van der Waals surface area (Å²) in [6.45, 7) is 6.20. The first kappa shape index (κ1) is 11.6. The molecule has 0 bridgehead atoms. The summed E-state index contributed by atoms with van der Waals surface area (Å²) in [5.41, 5.74) is 9.96. The normalized spacial score (nSPS) is 10.8. The molecule has 2 N–H and O–H groups in total. The number of nitrogens with two attached hydrogens (primary N) is 1. The molecule has 1 heterocycles. The first-order chi connectivity index (χ1) is 8.13. The molecule has 0 saturated carbocycles. The lowest BCUT2D eigenvalue weighted by molar-refractivity contribution is 0.746. The van der Waals surface area contributed by atoms with E-state index in [0.29, 0.717) is 5.69 Å². The second-order valence-electron chi connectivity index (χ2n) is 4.25. The minimum absolute atomic E-state index is 0.706. The molecular formula is C12H17N5. The Bertz CT molecular complexity index is 530. The molecule has 1 aromatic heterocycles. The summed E-state index contributed by atoms with van der Waals surface area (Å²) in [7, 11) is 0. The maximum atomic E-state index is 6.03. The Labute approximate surface area is 101 Å². The first-order valence-corrected chi connectivity index (χ1v) is 5.77. The van der Waals surface area contributed by atoms with Gasteiger partial charge in [-0.2, -0.15) is 4.68 Å². The molecule has 5 heteroatoms. The largest absolute Gasteiger partial charge is 0.397 e. The Kier molecular flexibility index (Phi) is 3.08. The van der Waals surface area contributed by atoms with E-state index in [1.165, 1.54) is 11.1 Å². The van der Waals surface area contributed by atoms with Crippen molar-refractivity contribution < 1.29 is 0 Å². The quantitative estimate of drug-likeness (QED) is 0.818. The molecule has 0 atom stereocenters. The smallest absolute Gasteiger partial charge is 0.156 e. The van der Waals surface area contributed by atoms with Crippen molar-refractivity contribution in [2.45, 2.75) is 33.6 Å². The van der Waals surface area contributed by atoms with Crippen LogP contribution in [0, 0.1) is 13.8 Å². The van der Waals surface area contributed by atoms with Gasteiger partial charge in [0.05, 0.1) is 11.4 Å². The van der Waals surface area contributed by atoms with E-state index in [1.54, 1.807) is 4.68 Å². The highest BCUT2D eigenvalue weighted by molar-refractivity contribution is 5.60. The van der Waals surface area contributed by atoms with Crippen LogP contribution in [0.2, 0.25) is 0 Å². The number of aromatic nitrogens is 4. The predicted octanol–water partition coefficient (Wildman–Crippen LogP) is 1.81. The maximum Gasteiger partial charge on any atom is 0.156 e. The van der Waals surface area contributed by atoms with Gasteiger partial charge in [-0.25, -0.2) is 0 Å². The molecule has 1 aromatic carbocycles. The van der Waals surface area contributed by atoms with Gasteiger partial charge in [0.25, 0.3) is 0 Å². The predicted molar refractivity (Wildman–Crippen MR) is 67.0 cm³/mol. The van der Waals surface area contributed by atoms with Crippen LogP contribution in [0.25, 0.3) is 5.69 Å². The molecule has 0 aliphatic carbocycles. The lowest BCUT2D eigenvalue weighted by Gasteiger charge is -2.10. The molecule has 0 fully saturated rings. The van der Waals surface area contributed by atoms with Gasteiger partial charge in [-0.3, -0.25) is 0 Å². The van der Waals surface area contributed by atoms with Gasteiger partial charge in [0, 0.05) is 6.42 Å². The fourth-order valence-corrected chi connectivity index (χ4v) is 1.78. The van der Waals surface area contributed by atoms with Crippen molar-refractivity contribution in [1.29, 1.82) is 0 Å². The van der Waals surface area contributed by atoms with Crippen molar-refractivity contribution in [1.82, 2.24) is 20.2 Å². The summed E-state index contributed by atoms with van der Waals surface area (Å²) < 4.78 is 1.73. The van der Waals surface area contributed by atoms with Gasteiger partial charge in [0.15, 0.2) is 5.82 Å². The van der Waals surface area contributed by atoms with E-state index in [2.05, 4.69) is 29.4 Å². The highest BCUT2D eigenvalue weighted by Crippen LogP contribution is 2.22. The molecule has 0 aliphatic heterocycles. The third-order valence-corrected chi connectivity index (χ3v) is 2.88. The Morgan fingerprint density at radius 2 is 1.94 bits per heavy atom. The van der Waals surface area contributed by atoms with E-state index in [0.717, 1.165) is 24.4 Å². The summed E-state index contributed by atoms with van der Waals surface area (Å²) in [6, 6.07) is 3.99. The summed E-state index contributed by atoms with van der Waals surface area (Å²) in [4.78, 5) is 0. The summed E-state index contributed by atoms with van der Waals surface area (Å²) >= 11 is 0. The summed E-state index contributed by atoms with van der Waals surface area (Å²) in [5, 5.41) is 11.8. The second-order valence-corrected chi connectivity index (χ2v) is 4.25. The Balaban J connectivity index is 2.52. The number of hydrogen-bond donors (Lipinski definition) is 1. The van der Waals surface area contributed by atoms with Gasteiger partial charge in [-0.15, -0.1) is 5.10 Å². The Hall–Kier alpha value is -1.91. The number of benzene rings is 1. The molecule has 0 amide bonds. The number of rotatable bonds is 3. The molecular weight excluding hydrogens is 214 g/mol.